The molecular weight excluding hydrogens is 292 g/mol. The number of carbonyl (C=O) groups excluding carboxylic acids is 1. The summed E-state index contributed by atoms with van der Waals surface area (Å²) in [6.07, 6.45) is 0.422. The molecule has 23 heavy (non-hydrogen) atoms. The predicted molar refractivity (Wildman–Crippen MR) is 90.7 cm³/mol. The number of benzene rings is 1. The maximum Gasteiger partial charge on any atom is 0.253 e. The second-order valence-electron chi connectivity index (χ2n) is 6.24. The van der Waals surface area contributed by atoms with Crippen LogP contribution in [-0.2, 0) is 4.74 Å². The van der Waals surface area contributed by atoms with Gasteiger partial charge in [0.2, 0.25) is 0 Å². The molecule has 0 aliphatic heterocycles. The lowest BCUT2D eigenvalue weighted by Gasteiger charge is -2.29. The van der Waals surface area contributed by atoms with E-state index in [1.165, 1.54) is 0 Å². The van der Waals surface area contributed by atoms with Crippen LogP contribution in [0.4, 0.5) is 0 Å². The third-order valence-electron chi connectivity index (χ3n) is 3.95. The monoisotopic (exact) mass is 316 g/mol. The number of aryl methyl sites for hydroxylation is 2. The number of nitrogens with one attached hydrogen (secondary N) is 1. The number of aliphatic hydroxyl groups excluding tert-OH is 1. The maximum atomic E-state index is 12.7. The molecule has 1 atom stereocenters. The molecule has 0 saturated carbocycles. The first-order valence-electron chi connectivity index (χ1n) is 7.69. The summed E-state index contributed by atoms with van der Waals surface area (Å²) in [7, 11) is 1.58. The average Bonchev–Trinajstić information content (AvgIpc) is 2.46. The van der Waals surface area contributed by atoms with Gasteiger partial charge in [0.05, 0.1) is 28.9 Å². The van der Waals surface area contributed by atoms with E-state index in [4.69, 9.17) is 4.74 Å². The summed E-state index contributed by atoms with van der Waals surface area (Å²) in [6, 6.07) is 7.83. The van der Waals surface area contributed by atoms with Crippen molar-refractivity contribution in [2.24, 2.45) is 0 Å². The lowest BCUT2D eigenvalue weighted by atomic mass is 9.98. The van der Waals surface area contributed by atoms with Crippen molar-refractivity contribution in [2.75, 3.05) is 20.3 Å². The smallest absolute Gasteiger partial charge is 0.253 e. The van der Waals surface area contributed by atoms with E-state index in [1.54, 1.807) is 7.11 Å². The second-order valence-corrected chi connectivity index (χ2v) is 6.24. The molecule has 1 aromatic carbocycles. The van der Waals surface area contributed by atoms with Gasteiger partial charge in [0.1, 0.15) is 0 Å². The molecule has 0 fully saturated rings. The number of hydrogen-bond acceptors (Lipinski definition) is 4. The van der Waals surface area contributed by atoms with Crippen LogP contribution >= 0.6 is 0 Å². The molecule has 5 heteroatoms. The van der Waals surface area contributed by atoms with Crippen molar-refractivity contribution in [1.82, 2.24) is 10.3 Å². The summed E-state index contributed by atoms with van der Waals surface area (Å²) in [6.45, 7) is 6.02. The van der Waals surface area contributed by atoms with Crippen molar-refractivity contribution in [3.63, 3.8) is 0 Å². The summed E-state index contributed by atoms with van der Waals surface area (Å²) < 4.78 is 5.17. The highest BCUT2D eigenvalue weighted by molar-refractivity contribution is 5.99. The minimum atomic E-state index is -0.616. The molecular formula is C18H24N2O3. The Morgan fingerprint density at radius 2 is 2.09 bits per heavy atom. The zero-order valence-electron chi connectivity index (χ0n) is 14.1. The Balaban J connectivity index is 2.33. The fourth-order valence-electron chi connectivity index (χ4n) is 2.68. The number of aromatic nitrogens is 1. The Morgan fingerprint density at radius 1 is 1.35 bits per heavy atom. The molecule has 2 N–H and O–H groups in total. The minimum Gasteiger partial charge on any atom is -0.396 e. The Kier molecular flexibility index (Phi) is 5.34. The highest BCUT2D eigenvalue weighted by Crippen LogP contribution is 2.19. The van der Waals surface area contributed by atoms with E-state index in [2.05, 4.69) is 10.3 Å². The van der Waals surface area contributed by atoms with Crippen LogP contribution in [-0.4, -0.2) is 41.9 Å². The van der Waals surface area contributed by atoms with Gasteiger partial charge in [0.15, 0.2) is 0 Å². The van der Waals surface area contributed by atoms with Gasteiger partial charge < -0.3 is 15.2 Å². The minimum absolute atomic E-state index is 0.0195. The molecule has 1 heterocycles. The number of hydrogen-bond donors (Lipinski definition) is 2. The highest BCUT2D eigenvalue weighted by Gasteiger charge is 2.27. The van der Waals surface area contributed by atoms with Gasteiger partial charge in [-0.1, -0.05) is 12.1 Å². The summed E-state index contributed by atoms with van der Waals surface area (Å²) in [5.74, 6) is -0.203. The molecule has 2 rings (SSSR count). The van der Waals surface area contributed by atoms with Crippen molar-refractivity contribution < 1.29 is 14.6 Å². The fourth-order valence-corrected chi connectivity index (χ4v) is 2.68. The van der Waals surface area contributed by atoms with E-state index in [0.29, 0.717) is 24.3 Å². The molecule has 1 unspecified atom stereocenters. The Bertz CT molecular complexity index is 707. The maximum absolute atomic E-state index is 12.7. The van der Waals surface area contributed by atoms with Gasteiger partial charge >= 0.3 is 0 Å². The molecule has 0 aliphatic carbocycles. The van der Waals surface area contributed by atoms with E-state index >= 15 is 0 Å². The van der Waals surface area contributed by atoms with Crippen molar-refractivity contribution in [3.8, 4) is 0 Å². The summed E-state index contributed by atoms with van der Waals surface area (Å²) in [4.78, 5) is 17.2. The molecule has 0 aliphatic rings. The first-order chi connectivity index (χ1) is 10.9. The molecule has 124 valence electrons. The zero-order valence-corrected chi connectivity index (χ0v) is 14.1. The fraction of sp³-hybridized carbons (Fsp3) is 0.444. The van der Waals surface area contributed by atoms with Gasteiger partial charge in [-0.15, -0.1) is 0 Å². The number of methoxy groups -OCH3 is 1. The molecule has 0 spiro atoms. The van der Waals surface area contributed by atoms with Crippen LogP contribution in [0.15, 0.2) is 24.3 Å². The van der Waals surface area contributed by atoms with Crippen LogP contribution in [0.5, 0.6) is 0 Å². The zero-order chi connectivity index (χ0) is 17.0. The lowest BCUT2D eigenvalue weighted by Crippen LogP contribution is -2.50. The number of ether oxygens (including phenoxy) is 1. The number of nitrogens with zero attached hydrogens (tertiary/aromatic N) is 1. The van der Waals surface area contributed by atoms with Crippen LogP contribution in [0.2, 0.25) is 0 Å². The number of rotatable bonds is 6. The number of aliphatic hydroxyl groups is 1. The Morgan fingerprint density at radius 3 is 2.74 bits per heavy atom. The van der Waals surface area contributed by atoms with E-state index in [1.807, 2.05) is 45.0 Å². The van der Waals surface area contributed by atoms with Gasteiger partial charge in [0, 0.05) is 19.1 Å². The molecule has 0 saturated heterocycles. The van der Waals surface area contributed by atoms with E-state index in [-0.39, 0.29) is 12.5 Å². The SMILES string of the molecule is COCC(C)(CCO)NC(=O)c1cc2ccc(C)cc2nc1C. The van der Waals surface area contributed by atoms with Crippen LogP contribution < -0.4 is 5.32 Å². The number of pyridine rings is 1. The topological polar surface area (TPSA) is 71.5 Å². The third-order valence-corrected chi connectivity index (χ3v) is 3.95. The average molecular weight is 316 g/mol. The van der Waals surface area contributed by atoms with Gasteiger partial charge in [-0.25, -0.2) is 0 Å². The largest absolute Gasteiger partial charge is 0.396 e. The first-order valence-corrected chi connectivity index (χ1v) is 7.69. The molecule has 1 aromatic heterocycles. The quantitative estimate of drug-likeness (QED) is 0.858. The molecule has 0 radical (unpaired) electrons. The molecule has 0 bridgehead atoms. The van der Waals surface area contributed by atoms with Gasteiger partial charge in [-0.05, 0) is 44.9 Å². The van der Waals surface area contributed by atoms with Crippen molar-refractivity contribution in [2.45, 2.75) is 32.7 Å². The summed E-state index contributed by atoms with van der Waals surface area (Å²) >= 11 is 0. The van der Waals surface area contributed by atoms with Gasteiger partial charge in [-0.3, -0.25) is 9.78 Å². The normalized spacial score (nSPS) is 13.8. The van der Waals surface area contributed by atoms with Crippen LogP contribution in [0.1, 0.15) is 35.0 Å². The predicted octanol–water partition coefficient (Wildman–Crippen LogP) is 2.37. The number of amides is 1. The first kappa shape index (κ1) is 17.4. The van der Waals surface area contributed by atoms with Crippen LogP contribution in [0, 0.1) is 13.8 Å². The van der Waals surface area contributed by atoms with Crippen LogP contribution in [0.25, 0.3) is 10.9 Å². The molecule has 2 aromatic rings. The van der Waals surface area contributed by atoms with E-state index in [0.717, 1.165) is 16.5 Å². The van der Waals surface area contributed by atoms with Crippen molar-refractivity contribution in [1.29, 1.82) is 0 Å². The Hall–Kier alpha value is -1.98. The third kappa shape index (κ3) is 4.06. The number of fused-ring (bicyclic) bond motifs is 1. The van der Waals surface area contributed by atoms with Crippen LogP contribution in [0.3, 0.4) is 0 Å². The Labute approximate surface area is 136 Å². The van der Waals surface area contributed by atoms with Gasteiger partial charge in [0.25, 0.3) is 5.91 Å². The second kappa shape index (κ2) is 7.06. The standard InChI is InChI=1S/C18H24N2O3/c1-12-5-6-14-10-15(13(2)19-16(14)9-12)17(22)20-18(3,7-8-21)11-23-4/h5-6,9-10,21H,7-8,11H2,1-4H3,(H,20,22). The molecule has 5 nitrogen and oxygen atoms in total. The lowest BCUT2D eigenvalue weighted by molar-refractivity contribution is 0.0725. The van der Waals surface area contributed by atoms with E-state index < -0.39 is 5.54 Å². The number of carbonyl (C=O) groups is 1. The highest BCUT2D eigenvalue weighted by atomic mass is 16.5. The van der Waals surface area contributed by atoms with Crippen molar-refractivity contribution >= 4 is 16.8 Å². The summed E-state index contributed by atoms with van der Waals surface area (Å²) in [5, 5.41) is 13.1. The van der Waals surface area contributed by atoms with Gasteiger partial charge in [-0.2, -0.15) is 0 Å². The van der Waals surface area contributed by atoms with Crippen molar-refractivity contribution in [3.05, 3.63) is 41.1 Å². The van der Waals surface area contributed by atoms with E-state index in [9.17, 15) is 9.90 Å². The molecule has 1 amide bonds. The summed E-state index contributed by atoms with van der Waals surface area (Å²) in [5.41, 5.74) is 2.63.